The van der Waals surface area contributed by atoms with Gasteiger partial charge >= 0.3 is 0 Å². The Labute approximate surface area is 147 Å². The quantitative estimate of drug-likeness (QED) is 0.885. The molecule has 1 saturated heterocycles. The number of carbonyl (C=O) groups is 2. The minimum absolute atomic E-state index is 0.156. The molecule has 2 rings (SSSR count). The summed E-state index contributed by atoms with van der Waals surface area (Å²) in [5.74, 6) is -2.07. The van der Waals surface area contributed by atoms with Crippen LogP contribution in [0.5, 0.6) is 0 Å². The van der Waals surface area contributed by atoms with Crippen LogP contribution in [0.25, 0.3) is 0 Å². The summed E-state index contributed by atoms with van der Waals surface area (Å²) in [6, 6.07) is 2.86. The fourth-order valence-corrected chi connectivity index (χ4v) is 2.93. The average Bonchev–Trinajstić information content (AvgIpc) is 2.84. The number of hydrogen-bond donors (Lipinski definition) is 1. The van der Waals surface area contributed by atoms with Crippen LogP contribution in [-0.2, 0) is 9.59 Å². The Kier molecular flexibility index (Phi) is 6.87. The molecule has 1 aliphatic heterocycles. The molecule has 0 spiro atoms. The molecule has 1 N–H and O–H groups in total. The lowest BCUT2D eigenvalue weighted by molar-refractivity contribution is -0.131. The van der Waals surface area contributed by atoms with Crippen LogP contribution in [0, 0.1) is 11.6 Å². The van der Waals surface area contributed by atoms with Gasteiger partial charge in [0.05, 0.1) is 6.04 Å². The summed E-state index contributed by atoms with van der Waals surface area (Å²) in [6.07, 6.45) is 2.18. The summed E-state index contributed by atoms with van der Waals surface area (Å²) in [4.78, 5) is 28.3. The van der Waals surface area contributed by atoms with E-state index in [-0.39, 0.29) is 17.5 Å². The van der Waals surface area contributed by atoms with Crippen LogP contribution in [-0.4, -0.2) is 53.8 Å². The Bertz CT molecular complexity index is 624. The van der Waals surface area contributed by atoms with E-state index in [1.54, 1.807) is 6.92 Å². The van der Waals surface area contributed by atoms with E-state index in [2.05, 4.69) is 5.32 Å². The van der Waals surface area contributed by atoms with Gasteiger partial charge in [0, 0.05) is 44.4 Å². The van der Waals surface area contributed by atoms with E-state index in [9.17, 15) is 18.4 Å². The molecule has 0 radical (unpaired) electrons. The van der Waals surface area contributed by atoms with E-state index in [1.165, 1.54) is 6.07 Å². The van der Waals surface area contributed by atoms with Crippen LogP contribution in [0.2, 0.25) is 0 Å². The minimum atomic E-state index is -0.995. The highest BCUT2D eigenvalue weighted by Gasteiger charge is 2.25. The number of halogens is 2. The van der Waals surface area contributed by atoms with E-state index in [4.69, 9.17) is 0 Å². The van der Waals surface area contributed by atoms with Gasteiger partial charge in [-0.1, -0.05) is 6.92 Å². The van der Waals surface area contributed by atoms with Crippen molar-refractivity contribution in [2.45, 2.75) is 39.2 Å². The number of amides is 2. The summed E-state index contributed by atoms with van der Waals surface area (Å²) in [5, 5.41) is 2.61. The predicted molar refractivity (Wildman–Crippen MR) is 92.1 cm³/mol. The lowest BCUT2D eigenvalue weighted by Crippen LogP contribution is -2.44. The van der Waals surface area contributed by atoms with Crippen LogP contribution in [0.3, 0.4) is 0 Å². The smallest absolute Gasteiger partial charge is 0.241 e. The van der Waals surface area contributed by atoms with Crippen molar-refractivity contribution < 1.29 is 18.4 Å². The first kappa shape index (κ1) is 19.3. The van der Waals surface area contributed by atoms with E-state index in [0.717, 1.165) is 25.0 Å². The molecule has 1 aromatic rings. The number of anilines is 1. The fourth-order valence-electron chi connectivity index (χ4n) is 2.93. The average molecular weight is 353 g/mol. The van der Waals surface area contributed by atoms with Crippen LogP contribution >= 0.6 is 0 Å². The van der Waals surface area contributed by atoms with Crippen molar-refractivity contribution in [1.82, 2.24) is 9.80 Å². The molecule has 0 bridgehead atoms. The van der Waals surface area contributed by atoms with Crippen LogP contribution in [0.15, 0.2) is 18.2 Å². The van der Waals surface area contributed by atoms with Gasteiger partial charge in [0.2, 0.25) is 11.8 Å². The lowest BCUT2D eigenvalue weighted by atomic mass is 10.2. The van der Waals surface area contributed by atoms with E-state index < -0.39 is 17.7 Å². The number of benzene rings is 1. The van der Waals surface area contributed by atoms with Crippen molar-refractivity contribution in [3.05, 3.63) is 29.8 Å². The van der Waals surface area contributed by atoms with Crippen molar-refractivity contribution in [3.8, 4) is 0 Å². The molecule has 2 amide bonds. The zero-order valence-corrected chi connectivity index (χ0v) is 14.7. The number of nitrogens with one attached hydrogen (secondary N) is 1. The fraction of sp³-hybridized carbons (Fsp3) is 0.556. The molecule has 1 atom stereocenters. The van der Waals surface area contributed by atoms with E-state index >= 15 is 0 Å². The normalized spacial score (nSPS) is 17.0. The van der Waals surface area contributed by atoms with Gasteiger partial charge in [0.15, 0.2) is 11.6 Å². The zero-order chi connectivity index (χ0) is 18.4. The number of rotatable bonds is 5. The highest BCUT2D eigenvalue weighted by molar-refractivity contribution is 5.94. The highest BCUT2D eigenvalue weighted by Crippen LogP contribution is 2.15. The number of hydrogen-bond acceptors (Lipinski definition) is 3. The Morgan fingerprint density at radius 1 is 1.16 bits per heavy atom. The van der Waals surface area contributed by atoms with E-state index in [1.807, 2.05) is 16.7 Å². The zero-order valence-electron chi connectivity index (χ0n) is 14.7. The van der Waals surface area contributed by atoms with Crippen LogP contribution in [0.1, 0.15) is 33.1 Å². The summed E-state index contributed by atoms with van der Waals surface area (Å²) in [5.41, 5.74) is 0.227. The first-order valence-electron chi connectivity index (χ1n) is 8.70. The van der Waals surface area contributed by atoms with Crippen LogP contribution in [0.4, 0.5) is 14.5 Å². The monoisotopic (exact) mass is 353 g/mol. The second-order valence-electron chi connectivity index (χ2n) is 6.31. The maximum Gasteiger partial charge on any atom is 0.241 e. The third-order valence-electron chi connectivity index (χ3n) is 4.46. The summed E-state index contributed by atoms with van der Waals surface area (Å²) in [6.45, 7) is 6.38. The topological polar surface area (TPSA) is 52.7 Å². The van der Waals surface area contributed by atoms with Crippen molar-refractivity contribution in [3.63, 3.8) is 0 Å². The molecular weight excluding hydrogens is 328 g/mol. The largest absolute Gasteiger partial charge is 0.341 e. The molecule has 25 heavy (non-hydrogen) atoms. The van der Waals surface area contributed by atoms with Gasteiger partial charge in [-0.25, -0.2) is 8.78 Å². The van der Waals surface area contributed by atoms with Crippen molar-refractivity contribution in [2.75, 3.05) is 31.5 Å². The Morgan fingerprint density at radius 2 is 1.92 bits per heavy atom. The molecule has 1 aromatic carbocycles. The first-order chi connectivity index (χ1) is 11.9. The van der Waals surface area contributed by atoms with Gasteiger partial charge < -0.3 is 10.2 Å². The Balaban J connectivity index is 1.92. The molecular formula is C18H25F2N3O2. The first-order valence-corrected chi connectivity index (χ1v) is 8.70. The maximum absolute atomic E-state index is 13.2. The van der Waals surface area contributed by atoms with Gasteiger partial charge in [0.25, 0.3) is 0 Å². The highest BCUT2D eigenvalue weighted by atomic mass is 19.2. The van der Waals surface area contributed by atoms with Crippen molar-refractivity contribution in [2.24, 2.45) is 0 Å². The summed E-state index contributed by atoms with van der Waals surface area (Å²) in [7, 11) is 0. The SMILES string of the molecule is CCCC(=O)N1CCCN([C@H](C)C(=O)Nc2ccc(F)c(F)c2)CC1. The Hall–Kier alpha value is -2.02. The second kappa shape index (κ2) is 8.89. The number of carbonyl (C=O) groups excluding carboxylic acids is 2. The van der Waals surface area contributed by atoms with Gasteiger partial charge in [-0.15, -0.1) is 0 Å². The maximum atomic E-state index is 13.2. The third-order valence-corrected chi connectivity index (χ3v) is 4.46. The summed E-state index contributed by atoms with van der Waals surface area (Å²) < 4.78 is 26.2. The van der Waals surface area contributed by atoms with Gasteiger partial charge in [-0.3, -0.25) is 14.5 Å². The minimum Gasteiger partial charge on any atom is -0.341 e. The lowest BCUT2D eigenvalue weighted by Gasteiger charge is -2.27. The molecule has 1 aliphatic rings. The summed E-state index contributed by atoms with van der Waals surface area (Å²) >= 11 is 0. The van der Waals surface area contributed by atoms with Gasteiger partial charge in [-0.2, -0.15) is 0 Å². The van der Waals surface area contributed by atoms with Gasteiger partial charge in [0.1, 0.15) is 0 Å². The number of nitrogens with zero attached hydrogens (tertiary/aromatic N) is 2. The van der Waals surface area contributed by atoms with Crippen molar-refractivity contribution in [1.29, 1.82) is 0 Å². The molecule has 1 heterocycles. The molecule has 5 nitrogen and oxygen atoms in total. The van der Waals surface area contributed by atoms with Gasteiger partial charge in [-0.05, 0) is 31.9 Å². The molecule has 0 aliphatic carbocycles. The Morgan fingerprint density at radius 3 is 2.60 bits per heavy atom. The van der Waals surface area contributed by atoms with E-state index in [0.29, 0.717) is 32.6 Å². The van der Waals surface area contributed by atoms with Crippen molar-refractivity contribution >= 4 is 17.5 Å². The predicted octanol–water partition coefficient (Wildman–Crippen LogP) is 2.63. The molecule has 0 aromatic heterocycles. The third kappa shape index (κ3) is 5.22. The molecule has 138 valence electrons. The molecule has 7 heteroatoms. The van der Waals surface area contributed by atoms with Crippen LogP contribution < -0.4 is 5.32 Å². The molecule has 1 fully saturated rings. The standard InChI is InChI=1S/C18H25F2N3O2/c1-3-5-17(24)23-9-4-8-22(10-11-23)13(2)18(25)21-14-6-7-15(19)16(20)12-14/h6-7,12-13H,3-5,8-11H2,1-2H3,(H,21,25)/t13-/m1/s1. The second-order valence-corrected chi connectivity index (χ2v) is 6.31. The molecule has 0 saturated carbocycles. The molecule has 0 unspecified atom stereocenters.